The van der Waals surface area contributed by atoms with Gasteiger partial charge in [-0.15, -0.1) is 0 Å². The maximum atomic E-state index is 13.4. The molecule has 1 N–H and O–H groups in total. The van der Waals surface area contributed by atoms with E-state index < -0.39 is 46.5 Å². The Labute approximate surface area is 279 Å². The summed E-state index contributed by atoms with van der Waals surface area (Å²) < 4.78 is 40.6. The minimum Gasteiger partial charge on any atom is -0.497 e. The molecule has 1 aliphatic rings. The van der Waals surface area contributed by atoms with Gasteiger partial charge < -0.3 is 38.0 Å². The summed E-state index contributed by atoms with van der Waals surface area (Å²) in [6.45, 7) is 24.2. The lowest BCUT2D eigenvalue weighted by Gasteiger charge is -2.36. The van der Waals surface area contributed by atoms with Gasteiger partial charge in [0.1, 0.15) is 29.3 Å². The maximum absolute atomic E-state index is 13.4. The number of esters is 1. The van der Waals surface area contributed by atoms with Crippen LogP contribution in [0.15, 0.2) is 18.2 Å². The van der Waals surface area contributed by atoms with Gasteiger partial charge in [-0.05, 0) is 63.0 Å². The second-order valence-electron chi connectivity index (χ2n) is 15.1. The first-order valence-corrected chi connectivity index (χ1v) is 22.7. The third kappa shape index (κ3) is 12.5. The number of methoxy groups -OCH3 is 2. The van der Waals surface area contributed by atoms with E-state index >= 15 is 0 Å². The molecular formula is C35H58O9Si2. The van der Waals surface area contributed by atoms with Crippen molar-refractivity contribution in [2.75, 3.05) is 34.2 Å². The van der Waals surface area contributed by atoms with Crippen molar-refractivity contribution in [2.45, 2.75) is 116 Å². The average Bonchev–Trinajstić information content (AvgIpc) is 3.25. The van der Waals surface area contributed by atoms with Crippen LogP contribution in [0.1, 0.15) is 63.9 Å². The van der Waals surface area contributed by atoms with Crippen LogP contribution < -0.4 is 9.47 Å². The number of benzene rings is 1. The van der Waals surface area contributed by atoms with E-state index in [9.17, 15) is 9.90 Å². The summed E-state index contributed by atoms with van der Waals surface area (Å²) in [5.74, 6) is 5.52. The fourth-order valence-corrected chi connectivity index (χ4v) is 6.19. The van der Waals surface area contributed by atoms with Crippen molar-refractivity contribution in [3.63, 3.8) is 0 Å². The average molecular weight is 679 g/mol. The van der Waals surface area contributed by atoms with Crippen molar-refractivity contribution < 1.29 is 42.7 Å². The van der Waals surface area contributed by atoms with Crippen molar-refractivity contribution in [2.24, 2.45) is 5.92 Å². The molecule has 46 heavy (non-hydrogen) atoms. The first kappa shape index (κ1) is 40.0. The molecule has 9 nitrogen and oxygen atoms in total. The van der Waals surface area contributed by atoms with Gasteiger partial charge in [0.2, 0.25) is 0 Å². The zero-order valence-corrected chi connectivity index (χ0v) is 32.4. The summed E-state index contributed by atoms with van der Waals surface area (Å²) in [5.41, 5.74) is 0.846. The second-order valence-corrected chi connectivity index (χ2v) is 25.5. The van der Waals surface area contributed by atoms with Crippen LogP contribution in [0, 0.1) is 17.8 Å². The topological polar surface area (TPSA) is 102 Å². The number of carbonyl (C=O) groups excluding carboxylic acids is 1. The summed E-state index contributed by atoms with van der Waals surface area (Å²) >= 11 is 0. The molecular weight excluding hydrogens is 621 g/mol. The molecule has 1 aromatic rings. The molecule has 1 heterocycles. The number of hydrogen-bond donors (Lipinski definition) is 1. The Balaban J connectivity index is 2.26. The zero-order valence-electron chi connectivity index (χ0n) is 30.4. The standard InChI is InChI=1S/C35H58O9Si2/c1-25(23-42-46(12,13)34(2,3)4)17-18-28(36)32-29(43-35(5,6)44-32)16-14-15-26-21-27(39-8)22-30(41-24-38-7)31(26)33(37)40-19-20-45(9,10)11/h14-15,21-22,25,28-29,32,36H,16,19-20,23-24H2,1-13H3/t25-,28?,29?,32?/m1/s1. The first-order chi connectivity index (χ1) is 21.2. The van der Waals surface area contributed by atoms with Gasteiger partial charge in [-0.2, -0.15) is 0 Å². The van der Waals surface area contributed by atoms with Crippen molar-refractivity contribution in [1.29, 1.82) is 0 Å². The van der Waals surface area contributed by atoms with E-state index in [4.69, 9.17) is 32.8 Å². The third-order valence-electron chi connectivity index (χ3n) is 8.14. The fourth-order valence-electron chi connectivity index (χ4n) is 4.38. The predicted molar refractivity (Wildman–Crippen MR) is 188 cm³/mol. The van der Waals surface area contributed by atoms with Gasteiger partial charge in [-0.1, -0.05) is 64.4 Å². The Kier molecular flexibility index (Phi) is 14.6. The molecule has 4 atom stereocenters. The van der Waals surface area contributed by atoms with Crippen molar-refractivity contribution in [3.05, 3.63) is 29.3 Å². The second kappa shape index (κ2) is 16.8. The lowest BCUT2D eigenvalue weighted by Crippen LogP contribution is -2.41. The van der Waals surface area contributed by atoms with Gasteiger partial charge >= 0.3 is 5.97 Å². The van der Waals surface area contributed by atoms with Crippen molar-refractivity contribution in [1.82, 2.24) is 0 Å². The molecule has 11 heteroatoms. The number of hydrogen-bond acceptors (Lipinski definition) is 9. The molecule has 260 valence electrons. The number of rotatable bonds is 15. The van der Waals surface area contributed by atoms with E-state index in [-0.39, 0.29) is 23.3 Å². The molecule has 1 aliphatic heterocycles. The summed E-state index contributed by atoms with van der Waals surface area (Å²) in [6, 6.07) is 4.25. The zero-order chi connectivity index (χ0) is 34.9. The van der Waals surface area contributed by atoms with Gasteiger partial charge in [0.15, 0.2) is 20.9 Å². The van der Waals surface area contributed by atoms with E-state index in [0.29, 0.717) is 36.7 Å². The highest BCUT2D eigenvalue weighted by Crippen LogP contribution is 2.37. The van der Waals surface area contributed by atoms with Gasteiger partial charge in [-0.25, -0.2) is 4.79 Å². The number of aliphatic hydroxyl groups is 1. The first-order valence-electron chi connectivity index (χ1n) is 16.1. The number of ether oxygens (including phenoxy) is 6. The van der Waals surface area contributed by atoms with Crippen LogP contribution in [0.25, 0.3) is 6.08 Å². The highest BCUT2D eigenvalue weighted by Gasteiger charge is 2.44. The van der Waals surface area contributed by atoms with Crippen LogP contribution in [-0.2, 0) is 23.4 Å². The minimum absolute atomic E-state index is 0.0462. The van der Waals surface area contributed by atoms with Crippen LogP contribution in [-0.4, -0.2) is 85.8 Å². The molecule has 0 saturated carbocycles. The normalized spacial score (nSPS) is 19.8. The monoisotopic (exact) mass is 678 g/mol. The van der Waals surface area contributed by atoms with Crippen molar-refractivity contribution in [3.8, 4) is 23.3 Å². The molecule has 0 aliphatic carbocycles. The number of carbonyl (C=O) groups is 1. The van der Waals surface area contributed by atoms with Gasteiger partial charge in [-0.3, -0.25) is 0 Å². The van der Waals surface area contributed by atoms with Crippen LogP contribution in [0.3, 0.4) is 0 Å². The van der Waals surface area contributed by atoms with Crippen LogP contribution in [0.2, 0.25) is 43.8 Å². The largest absolute Gasteiger partial charge is 0.497 e. The quantitative estimate of drug-likeness (QED) is 0.0900. The Bertz CT molecular complexity index is 1240. The SMILES string of the molecule is COCOc1cc(OC)cc(C=CCC2OC(C)(C)OC2C(O)C#C[C@@H](C)CO[Si](C)(C)C(C)(C)C)c1C(=O)OCC[Si](C)(C)C. The summed E-state index contributed by atoms with van der Waals surface area (Å²) in [7, 11) is -0.243. The smallest absolute Gasteiger partial charge is 0.342 e. The third-order valence-corrected chi connectivity index (χ3v) is 14.3. The lowest BCUT2D eigenvalue weighted by atomic mass is 10.0. The predicted octanol–water partition coefficient (Wildman–Crippen LogP) is 7.12. The Morgan fingerprint density at radius 1 is 1.11 bits per heavy atom. The summed E-state index contributed by atoms with van der Waals surface area (Å²) in [4.78, 5) is 13.4. The van der Waals surface area contributed by atoms with E-state index in [1.165, 1.54) is 7.11 Å². The fraction of sp³-hybridized carbons (Fsp3) is 0.686. The molecule has 2 rings (SSSR count). The van der Waals surface area contributed by atoms with E-state index in [0.717, 1.165) is 6.04 Å². The van der Waals surface area contributed by atoms with Crippen LogP contribution in [0.5, 0.6) is 11.5 Å². The Morgan fingerprint density at radius 3 is 2.37 bits per heavy atom. The Morgan fingerprint density at radius 2 is 1.78 bits per heavy atom. The molecule has 0 spiro atoms. The van der Waals surface area contributed by atoms with E-state index in [1.807, 2.05) is 26.8 Å². The molecule has 1 fully saturated rings. The highest BCUT2D eigenvalue weighted by atomic mass is 28.4. The van der Waals surface area contributed by atoms with Gasteiger partial charge in [0.05, 0.1) is 19.8 Å². The van der Waals surface area contributed by atoms with E-state index in [2.05, 4.69) is 65.3 Å². The molecule has 1 aromatic carbocycles. The highest BCUT2D eigenvalue weighted by molar-refractivity contribution is 6.76. The summed E-state index contributed by atoms with van der Waals surface area (Å²) in [6.07, 6.45) is 1.88. The molecule has 0 bridgehead atoms. The molecule has 1 saturated heterocycles. The lowest BCUT2D eigenvalue weighted by molar-refractivity contribution is -0.151. The van der Waals surface area contributed by atoms with Crippen LogP contribution in [0.4, 0.5) is 0 Å². The molecule has 3 unspecified atom stereocenters. The van der Waals surface area contributed by atoms with Crippen LogP contribution >= 0.6 is 0 Å². The molecule has 0 aromatic heterocycles. The van der Waals surface area contributed by atoms with Crippen molar-refractivity contribution >= 4 is 28.4 Å². The summed E-state index contributed by atoms with van der Waals surface area (Å²) in [5, 5.41) is 11.2. The number of aliphatic hydroxyl groups excluding tert-OH is 1. The maximum Gasteiger partial charge on any atom is 0.342 e. The van der Waals surface area contributed by atoms with E-state index in [1.54, 1.807) is 25.3 Å². The van der Waals surface area contributed by atoms with Gasteiger partial charge in [0.25, 0.3) is 0 Å². The Hall–Kier alpha value is -2.18. The minimum atomic E-state index is -1.90. The molecule has 0 amide bonds. The van der Waals surface area contributed by atoms with Gasteiger partial charge in [0, 0.05) is 33.8 Å². The molecule has 0 radical (unpaired) electrons.